The molecule has 0 aliphatic heterocycles. The molecule has 0 spiro atoms. The van der Waals surface area contributed by atoms with Crippen LogP contribution in [0.25, 0.3) is 0 Å². The summed E-state index contributed by atoms with van der Waals surface area (Å²) >= 11 is 1.58. The van der Waals surface area contributed by atoms with E-state index < -0.39 is 0 Å². The van der Waals surface area contributed by atoms with Crippen LogP contribution in [-0.2, 0) is 17.6 Å². The molecule has 90 valence electrons. The molecule has 0 aliphatic carbocycles. The van der Waals surface area contributed by atoms with Gasteiger partial charge in [0.25, 0.3) is 0 Å². The van der Waals surface area contributed by atoms with E-state index in [1.165, 1.54) is 0 Å². The first-order valence-corrected chi connectivity index (χ1v) is 6.07. The van der Waals surface area contributed by atoms with E-state index in [-0.39, 0.29) is 12.3 Å². The normalized spacial score (nSPS) is 10.4. The fourth-order valence-electron chi connectivity index (χ4n) is 1.31. The molecule has 2 aromatic rings. The first-order chi connectivity index (χ1) is 8.25. The Morgan fingerprint density at radius 3 is 3.06 bits per heavy atom. The van der Waals surface area contributed by atoms with Crippen LogP contribution < -0.4 is 5.32 Å². The first kappa shape index (κ1) is 11.7. The summed E-state index contributed by atoms with van der Waals surface area (Å²) in [6.07, 6.45) is 2.71. The maximum absolute atomic E-state index is 11.6. The lowest BCUT2D eigenvalue weighted by molar-refractivity contribution is -0.120. The number of thiazole rings is 1. The smallest absolute Gasteiger partial charge is 0.226 e. The van der Waals surface area contributed by atoms with Crippen molar-refractivity contribution in [1.82, 2.24) is 20.6 Å². The summed E-state index contributed by atoms with van der Waals surface area (Å²) < 4.78 is 4.52. The Kier molecular flexibility index (Phi) is 3.81. The van der Waals surface area contributed by atoms with Crippen LogP contribution in [0, 0.1) is 6.92 Å². The number of carbonyl (C=O) groups is 1. The van der Waals surface area contributed by atoms with Gasteiger partial charge in [-0.25, -0.2) is 9.61 Å². The standard InChI is InChI=1S/C10H12N4O2S/c1-7-8(14-16-13-7)6-9(15)11-3-2-10-12-4-5-17-10/h4-5H,2-3,6H2,1H3,(H,11,15). The number of hydrogen-bond acceptors (Lipinski definition) is 6. The molecule has 2 rings (SSSR count). The second-order valence-corrected chi connectivity index (χ2v) is 4.48. The minimum absolute atomic E-state index is 0.0830. The predicted molar refractivity (Wildman–Crippen MR) is 61.6 cm³/mol. The summed E-state index contributed by atoms with van der Waals surface area (Å²) in [6, 6.07) is 0. The van der Waals surface area contributed by atoms with Crippen molar-refractivity contribution in [3.05, 3.63) is 28.0 Å². The molecule has 0 aliphatic rings. The third-order valence-electron chi connectivity index (χ3n) is 2.22. The first-order valence-electron chi connectivity index (χ1n) is 5.19. The summed E-state index contributed by atoms with van der Waals surface area (Å²) in [5.74, 6) is -0.0830. The molecule has 1 amide bonds. The van der Waals surface area contributed by atoms with Crippen LogP contribution in [0.2, 0.25) is 0 Å². The minimum atomic E-state index is -0.0830. The van der Waals surface area contributed by atoms with Gasteiger partial charge in [0.1, 0.15) is 11.4 Å². The van der Waals surface area contributed by atoms with Crippen molar-refractivity contribution in [2.24, 2.45) is 0 Å². The predicted octanol–water partition coefficient (Wildman–Crippen LogP) is 0.736. The maximum atomic E-state index is 11.6. The maximum Gasteiger partial charge on any atom is 0.226 e. The number of hydrogen-bond donors (Lipinski definition) is 1. The van der Waals surface area contributed by atoms with E-state index in [1.54, 1.807) is 24.5 Å². The van der Waals surface area contributed by atoms with Crippen molar-refractivity contribution in [3.63, 3.8) is 0 Å². The molecule has 17 heavy (non-hydrogen) atoms. The molecule has 0 unspecified atom stereocenters. The molecule has 6 nitrogen and oxygen atoms in total. The van der Waals surface area contributed by atoms with Crippen molar-refractivity contribution in [3.8, 4) is 0 Å². The van der Waals surface area contributed by atoms with Crippen LogP contribution in [0.15, 0.2) is 16.2 Å². The minimum Gasteiger partial charge on any atom is -0.355 e. The van der Waals surface area contributed by atoms with Crippen LogP contribution >= 0.6 is 11.3 Å². The number of aryl methyl sites for hydroxylation is 1. The van der Waals surface area contributed by atoms with Gasteiger partial charge in [-0.2, -0.15) is 0 Å². The topological polar surface area (TPSA) is 80.9 Å². The molecule has 2 heterocycles. The fraction of sp³-hybridized carbons (Fsp3) is 0.400. The Balaban J connectivity index is 1.73. The van der Waals surface area contributed by atoms with E-state index in [9.17, 15) is 4.79 Å². The molecule has 7 heteroatoms. The summed E-state index contributed by atoms with van der Waals surface area (Å²) in [6.45, 7) is 2.34. The monoisotopic (exact) mass is 252 g/mol. The molecule has 0 atom stereocenters. The largest absolute Gasteiger partial charge is 0.355 e. The van der Waals surface area contributed by atoms with Gasteiger partial charge in [0.05, 0.1) is 11.4 Å². The van der Waals surface area contributed by atoms with Gasteiger partial charge in [0.15, 0.2) is 0 Å². The van der Waals surface area contributed by atoms with Crippen LogP contribution in [0.4, 0.5) is 0 Å². The van der Waals surface area contributed by atoms with E-state index in [2.05, 4.69) is 25.2 Å². The number of aromatic nitrogens is 3. The Hall–Kier alpha value is -1.76. The Morgan fingerprint density at radius 1 is 1.53 bits per heavy atom. The average molecular weight is 252 g/mol. The number of amides is 1. The zero-order valence-corrected chi connectivity index (χ0v) is 10.2. The van der Waals surface area contributed by atoms with Gasteiger partial charge in [-0.05, 0) is 6.92 Å². The van der Waals surface area contributed by atoms with Gasteiger partial charge in [0, 0.05) is 24.5 Å². The number of nitrogens with zero attached hydrogens (tertiary/aromatic N) is 3. The molecule has 2 aromatic heterocycles. The molecule has 0 bridgehead atoms. The Labute approximate surface area is 102 Å². The Bertz CT molecular complexity index is 480. The second kappa shape index (κ2) is 5.53. The highest BCUT2D eigenvalue weighted by atomic mass is 32.1. The molecule has 0 radical (unpaired) electrons. The molecule has 0 fully saturated rings. The van der Waals surface area contributed by atoms with Crippen molar-refractivity contribution in [1.29, 1.82) is 0 Å². The summed E-state index contributed by atoms with van der Waals surface area (Å²) in [5, 5.41) is 13.0. The van der Waals surface area contributed by atoms with E-state index in [1.807, 2.05) is 5.38 Å². The van der Waals surface area contributed by atoms with E-state index in [0.717, 1.165) is 11.4 Å². The van der Waals surface area contributed by atoms with E-state index in [4.69, 9.17) is 0 Å². The van der Waals surface area contributed by atoms with Crippen LogP contribution in [0.3, 0.4) is 0 Å². The Morgan fingerprint density at radius 2 is 2.41 bits per heavy atom. The van der Waals surface area contributed by atoms with Crippen LogP contribution in [0.5, 0.6) is 0 Å². The van der Waals surface area contributed by atoms with E-state index in [0.29, 0.717) is 17.9 Å². The summed E-state index contributed by atoms with van der Waals surface area (Å²) in [7, 11) is 0. The van der Waals surface area contributed by atoms with Crippen molar-refractivity contribution in [2.45, 2.75) is 19.8 Å². The van der Waals surface area contributed by atoms with E-state index >= 15 is 0 Å². The lowest BCUT2D eigenvalue weighted by Crippen LogP contribution is -2.27. The van der Waals surface area contributed by atoms with Gasteiger partial charge < -0.3 is 5.32 Å². The molecular weight excluding hydrogens is 240 g/mol. The molecule has 0 saturated carbocycles. The summed E-state index contributed by atoms with van der Waals surface area (Å²) in [5.41, 5.74) is 1.23. The van der Waals surface area contributed by atoms with Gasteiger partial charge >= 0.3 is 0 Å². The van der Waals surface area contributed by atoms with Crippen molar-refractivity contribution < 1.29 is 9.42 Å². The quantitative estimate of drug-likeness (QED) is 0.848. The third kappa shape index (κ3) is 3.35. The van der Waals surface area contributed by atoms with Crippen LogP contribution in [-0.4, -0.2) is 27.7 Å². The molecule has 1 N–H and O–H groups in total. The zero-order chi connectivity index (χ0) is 12.1. The van der Waals surface area contributed by atoms with Crippen molar-refractivity contribution >= 4 is 17.2 Å². The van der Waals surface area contributed by atoms with Gasteiger partial charge in [-0.1, -0.05) is 10.3 Å². The van der Waals surface area contributed by atoms with Crippen molar-refractivity contribution in [2.75, 3.05) is 6.54 Å². The molecule has 0 saturated heterocycles. The van der Waals surface area contributed by atoms with Gasteiger partial charge in [-0.3, -0.25) is 4.79 Å². The molecular formula is C10H12N4O2S. The average Bonchev–Trinajstić information content (AvgIpc) is 2.92. The highest BCUT2D eigenvalue weighted by Gasteiger charge is 2.10. The highest BCUT2D eigenvalue weighted by molar-refractivity contribution is 7.09. The SMILES string of the molecule is Cc1nonc1CC(=O)NCCc1nccs1. The lowest BCUT2D eigenvalue weighted by atomic mass is 10.2. The molecule has 0 aromatic carbocycles. The zero-order valence-electron chi connectivity index (χ0n) is 9.34. The lowest BCUT2D eigenvalue weighted by Gasteiger charge is -2.01. The third-order valence-corrected chi connectivity index (χ3v) is 3.06. The number of nitrogens with one attached hydrogen (secondary N) is 1. The second-order valence-electron chi connectivity index (χ2n) is 3.50. The number of rotatable bonds is 5. The van der Waals surface area contributed by atoms with Gasteiger partial charge in [-0.15, -0.1) is 11.3 Å². The van der Waals surface area contributed by atoms with Crippen LogP contribution in [0.1, 0.15) is 16.4 Å². The van der Waals surface area contributed by atoms with Gasteiger partial charge in [0.2, 0.25) is 5.91 Å². The summed E-state index contributed by atoms with van der Waals surface area (Å²) in [4.78, 5) is 15.7. The highest BCUT2D eigenvalue weighted by Crippen LogP contribution is 2.04. The fourth-order valence-corrected chi connectivity index (χ4v) is 1.93. The number of carbonyl (C=O) groups excluding carboxylic acids is 1.